The minimum atomic E-state index is -3.49. The highest BCUT2D eigenvalue weighted by atomic mass is 32.2. The van der Waals surface area contributed by atoms with Crippen molar-refractivity contribution >= 4 is 16.1 Å². The van der Waals surface area contributed by atoms with Crippen LogP contribution in [0.5, 0.6) is 5.75 Å². The van der Waals surface area contributed by atoms with Gasteiger partial charge in [-0.15, -0.1) is 0 Å². The molecule has 0 fully saturated rings. The number of hydrogen-bond donors (Lipinski definition) is 0. The van der Waals surface area contributed by atoms with E-state index in [9.17, 15) is 13.2 Å². The summed E-state index contributed by atoms with van der Waals surface area (Å²) in [5.41, 5.74) is 0.686. The van der Waals surface area contributed by atoms with Crippen molar-refractivity contribution in [2.75, 3.05) is 6.26 Å². The SMILES string of the molecule is CC(=O)Oc1ccc([C@@H](C)OS(C)(=O)=O)cc1. The molecule has 0 N–H and O–H groups in total. The Morgan fingerprint density at radius 2 is 1.76 bits per heavy atom. The first-order valence-corrected chi connectivity index (χ1v) is 6.76. The molecule has 0 aliphatic rings. The first-order valence-electron chi connectivity index (χ1n) is 4.94. The second-order valence-electron chi connectivity index (χ2n) is 3.61. The zero-order valence-electron chi connectivity index (χ0n) is 9.84. The van der Waals surface area contributed by atoms with E-state index < -0.39 is 22.2 Å². The van der Waals surface area contributed by atoms with Crippen LogP contribution in [0.4, 0.5) is 0 Å². The van der Waals surface area contributed by atoms with E-state index in [4.69, 9.17) is 8.92 Å². The molecule has 1 atom stereocenters. The molecule has 0 bridgehead atoms. The van der Waals surface area contributed by atoms with Gasteiger partial charge in [-0.05, 0) is 24.6 Å². The Bertz CT molecular complexity index is 489. The molecule has 0 amide bonds. The highest BCUT2D eigenvalue weighted by molar-refractivity contribution is 7.86. The maximum Gasteiger partial charge on any atom is 0.308 e. The Morgan fingerprint density at radius 1 is 1.24 bits per heavy atom. The first kappa shape index (κ1) is 13.7. The number of carbonyl (C=O) groups excluding carboxylic acids is 1. The average Bonchev–Trinajstić information content (AvgIpc) is 2.15. The Balaban J connectivity index is 2.77. The van der Waals surface area contributed by atoms with Crippen LogP contribution in [0.15, 0.2) is 24.3 Å². The normalized spacial score (nSPS) is 13.1. The lowest BCUT2D eigenvalue weighted by Gasteiger charge is -2.11. The van der Waals surface area contributed by atoms with Crippen LogP contribution in [0.25, 0.3) is 0 Å². The van der Waals surface area contributed by atoms with Crippen LogP contribution in [-0.2, 0) is 19.1 Å². The fourth-order valence-corrected chi connectivity index (χ4v) is 1.93. The van der Waals surface area contributed by atoms with Gasteiger partial charge in [-0.1, -0.05) is 12.1 Å². The molecule has 0 aliphatic carbocycles. The highest BCUT2D eigenvalue weighted by Crippen LogP contribution is 2.21. The van der Waals surface area contributed by atoms with E-state index in [0.29, 0.717) is 11.3 Å². The zero-order chi connectivity index (χ0) is 13.1. The molecule has 5 nitrogen and oxygen atoms in total. The van der Waals surface area contributed by atoms with Crippen LogP contribution < -0.4 is 4.74 Å². The number of ether oxygens (including phenoxy) is 1. The molecule has 0 aliphatic heterocycles. The van der Waals surface area contributed by atoms with E-state index in [1.54, 1.807) is 31.2 Å². The maximum atomic E-state index is 10.9. The lowest BCUT2D eigenvalue weighted by Crippen LogP contribution is -2.07. The highest BCUT2D eigenvalue weighted by Gasteiger charge is 2.12. The molecule has 17 heavy (non-hydrogen) atoms. The van der Waals surface area contributed by atoms with Crippen LogP contribution in [0, 0.1) is 0 Å². The van der Waals surface area contributed by atoms with Gasteiger partial charge in [0.2, 0.25) is 0 Å². The number of esters is 1. The monoisotopic (exact) mass is 258 g/mol. The molecule has 0 saturated heterocycles. The number of carbonyl (C=O) groups is 1. The average molecular weight is 258 g/mol. The van der Waals surface area contributed by atoms with Crippen molar-refractivity contribution in [3.05, 3.63) is 29.8 Å². The molecule has 1 aromatic rings. The van der Waals surface area contributed by atoms with Crippen molar-refractivity contribution in [3.8, 4) is 5.75 Å². The van der Waals surface area contributed by atoms with Gasteiger partial charge in [-0.3, -0.25) is 8.98 Å². The molecule has 0 spiro atoms. The fraction of sp³-hybridized carbons (Fsp3) is 0.364. The first-order chi connectivity index (χ1) is 7.78. The standard InChI is InChI=1S/C11H14O5S/c1-8(16-17(3,13)14)10-4-6-11(7-5-10)15-9(2)12/h4-8H,1-3H3/t8-/m1/s1. The van der Waals surface area contributed by atoms with Gasteiger partial charge in [0.1, 0.15) is 5.75 Å². The zero-order valence-corrected chi connectivity index (χ0v) is 10.7. The number of rotatable bonds is 4. The molecular formula is C11H14O5S. The topological polar surface area (TPSA) is 69.7 Å². The Kier molecular flexibility index (Phi) is 4.25. The second kappa shape index (κ2) is 5.29. The summed E-state index contributed by atoms with van der Waals surface area (Å²) in [6.45, 7) is 2.94. The molecule has 6 heteroatoms. The second-order valence-corrected chi connectivity index (χ2v) is 5.21. The summed E-state index contributed by atoms with van der Waals surface area (Å²) in [4.78, 5) is 10.7. The largest absolute Gasteiger partial charge is 0.427 e. The summed E-state index contributed by atoms with van der Waals surface area (Å²) in [5, 5.41) is 0. The van der Waals surface area contributed by atoms with Crippen molar-refractivity contribution < 1.29 is 22.1 Å². The Labute approximate surface area is 100 Å². The van der Waals surface area contributed by atoms with Crippen LogP contribution in [0.3, 0.4) is 0 Å². The fourth-order valence-electron chi connectivity index (χ4n) is 1.29. The molecule has 1 rings (SSSR count). The molecule has 0 unspecified atom stereocenters. The van der Waals surface area contributed by atoms with E-state index >= 15 is 0 Å². The molecule has 0 radical (unpaired) electrons. The van der Waals surface area contributed by atoms with E-state index in [1.807, 2.05) is 0 Å². The smallest absolute Gasteiger partial charge is 0.308 e. The van der Waals surface area contributed by atoms with Crippen molar-refractivity contribution in [2.24, 2.45) is 0 Å². The number of benzene rings is 1. The molecule has 0 heterocycles. The van der Waals surface area contributed by atoms with Gasteiger partial charge in [-0.2, -0.15) is 8.42 Å². The Morgan fingerprint density at radius 3 is 2.18 bits per heavy atom. The quantitative estimate of drug-likeness (QED) is 0.466. The van der Waals surface area contributed by atoms with E-state index in [2.05, 4.69) is 0 Å². The summed E-state index contributed by atoms with van der Waals surface area (Å²) in [5.74, 6) is 0.00555. The lowest BCUT2D eigenvalue weighted by atomic mass is 10.1. The predicted octanol–water partition coefficient (Wildman–Crippen LogP) is 1.65. The summed E-state index contributed by atoms with van der Waals surface area (Å²) in [6.07, 6.45) is 0.424. The molecular weight excluding hydrogens is 244 g/mol. The molecule has 0 saturated carbocycles. The minimum Gasteiger partial charge on any atom is -0.427 e. The lowest BCUT2D eigenvalue weighted by molar-refractivity contribution is -0.131. The minimum absolute atomic E-state index is 0.404. The third-order valence-electron chi connectivity index (χ3n) is 1.93. The van der Waals surface area contributed by atoms with Crippen LogP contribution in [-0.4, -0.2) is 20.6 Å². The van der Waals surface area contributed by atoms with Crippen molar-refractivity contribution in [1.82, 2.24) is 0 Å². The van der Waals surface area contributed by atoms with Crippen LogP contribution in [0.1, 0.15) is 25.5 Å². The molecule has 0 aromatic heterocycles. The Hall–Kier alpha value is -1.40. The van der Waals surface area contributed by atoms with E-state index in [-0.39, 0.29) is 0 Å². The van der Waals surface area contributed by atoms with Gasteiger partial charge in [0.25, 0.3) is 10.1 Å². The van der Waals surface area contributed by atoms with Crippen molar-refractivity contribution in [1.29, 1.82) is 0 Å². The molecule has 1 aromatic carbocycles. The third kappa shape index (κ3) is 4.97. The van der Waals surface area contributed by atoms with E-state index in [0.717, 1.165) is 6.26 Å². The van der Waals surface area contributed by atoms with Gasteiger partial charge in [0, 0.05) is 6.92 Å². The van der Waals surface area contributed by atoms with Gasteiger partial charge < -0.3 is 4.74 Å². The van der Waals surface area contributed by atoms with E-state index in [1.165, 1.54) is 6.92 Å². The maximum absolute atomic E-state index is 10.9. The molecule has 94 valence electrons. The number of hydrogen-bond acceptors (Lipinski definition) is 5. The summed E-state index contributed by atoms with van der Waals surface area (Å²) < 4.78 is 31.5. The van der Waals surface area contributed by atoms with Crippen LogP contribution in [0.2, 0.25) is 0 Å². The predicted molar refractivity (Wildman–Crippen MR) is 62.1 cm³/mol. The van der Waals surface area contributed by atoms with Gasteiger partial charge >= 0.3 is 5.97 Å². The van der Waals surface area contributed by atoms with Gasteiger partial charge in [-0.25, -0.2) is 0 Å². The third-order valence-corrected chi connectivity index (χ3v) is 2.57. The van der Waals surface area contributed by atoms with Crippen molar-refractivity contribution in [2.45, 2.75) is 20.0 Å². The van der Waals surface area contributed by atoms with Crippen LogP contribution >= 0.6 is 0 Å². The van der Waals surface area contributed by atoms with Crippen molar-refractivity contribution in [3.63, 3.8) is 0 Å². The summed E-state index contributed by atoms with van der Waals surface area (Å²) >= 11 is 0. The summed E-state index contributed by atoms with van der Waals surface area (Å²) in [7, 11) is -3.49. The van der Waals surface area contributed by atoms with Gasteiger partial charge in [0.05, 0.1) is 12.4 Å². The summed E-state index contributed by atoms with van der Waals surface area (Å²) in [6, 6.07) is 6.46. The van der Waals surface area contributed by atoms with Gasteiger partial charge in [0.15, 0.2) is 0 Å².